The Kier molecular flexibility index (Phi) is 11.6. The molecule has 0 bridgehead atoms. The van der Waals surface area contributed by atoms with Crippen LogP contribution in [0, 0.1) is 0 Å². The highest BCUT2D eigenvalue weighted by molar-refractivity contribution is 5.77. The van der Waals surface area contributed by atoms with Gasteiger partial charge in [-0.3, -0.25) is 0 Å². The first-order chi connectivity index (χ1) is 21.7. The zero-order valence-corrected chi connectivity index (χ0v) is 25.7. The Balaban J connectivity index is 1.02. The predicted molar refractivity (Wildman–Crippen MR) is 175 cm³/mol. The molecule has 0 aliphatic heterocycles. The van der Waals surface area contributed by atoms with E-state index in [1.54, 1.807) is 12.1 Å². The maximum Gasteiger partial charge on any atom is 0.336 e. The fourth-order valence-corrected chi connectivity index (χ4v) is 5.23. The average molecular weight is 594 g/mol. The summed E-state index contributed by atoms with van der Waals surface area (Å²) in [6.45, 7) is 4.08. The predicted octanol–water partition coefficient (Wildman–Crippen LogP) is 8.98. The molecule has 44 heavy (non-hydrogen) atoms. The first-order valence-corrected chi connectivity index (χ1v) is 16.0. The lowest BCUT2D eigenvalue weighted by atomic mass is 10.1. The van der Waals surface area contributed by atoms with Gasteiger partial charge in [0.15, 0.2) is 0 Å². The van der Waals surface area contributed by atoms with E-state index in [2.05, 4.69) is 29.4 Å². The fraction of sp³-hybridized carbons (Fsp3) is 0.378. The van der Waals surface area contributed by atoms with Crippen LogP contribution >= 0.6 is 0 Å². The minimum atomic E-state index is -0.375. The van der Waals surface area contributed by atoms with Gasteiger partial charge in [-0.05, 0) is 47.9 Å². The molecule has 0 N–H and O–H groups in total. The largest absolute Gasteiger partial charge is 0.494 e. The lowest BCUT2D eigenvalue weighted by molar-refractivity contribution is 0.304. The van der Waals surface area contributed by atoms with Gasteiger partial charge >= 0.3 is 5.63 Å². The quantitative estimate of drug-likeness (QED) is 0.0745. The van der Waals surface area contributed by atoms with Crippen LogP contribution < -0.4 is 15.1 Å². The molecule has 7 nitrogen and oxygen atoms in total. The summed E-state index contributed by atoms with van der Waals surface area (Å²) in [4.78, 5) is 11.5. The van der Waals surface area contributed by atoms with Gasteiger partial charge in [0.25, 0.3) is 0 Å². The molecule has 0 unspecified atom stereocenters. The molecule has 0 atom stereocenters. The summed E-state index contributed by atoms with van der Waals surface area (Å²) in [5.41, 5.74) is 4.11. The highest BCUT2D eigenvalue weighted by Crippen LogP contribution is 2.22. The Bertz CT molecular complexity index is 1620. The number of ether oxygens (including phenoxy) is 2. The second-order valence-electron chi connectivity index (χ2n) is 11.4. The van der Waals surface area contributed by atoms with Crippen molar-refractivity contribution in [3.8, 4) is 22.8 Å². The van der Waals surface area contributed by atoms with Crippen LogP contribution in [0.1, 0.15) is 82.3 Å². The third-order valence-electron chi connectivity index (χ3n) is 7.82. The third-order valence-corrected chi connectivity index (χ3v) is 7.82. The van der Waals surface area contributed by atoms with Crippen molar-refractivity contribution in [2.75, 3.05) is 6.61 Å². The van der Waals surface area contributed by atoms with Gasteiger partial charge in [-0.2, -0.15) is 0 Å². The number of aromatic nitrogens is 3. The number of hydrogen-bond acceptors (Lipinski definition) is 6. The highest BCUT2D eigenvalue weighted by Gasteiger charge is 2.07. The van der Waals surface area contributed by atoms with Crippen LogP contribution in [0.15, 0.2) is 94.3 Å². The van der Waals surface area contributed by atoms with Crippen molar-refractivity contribution in [2.24, 2.45) is 0 Å². The van der Waals surface area contributed by atoms with E-state index in [9.17, 15) is 4.79 Å². The van der Waals surface area contributed by atoms with E-state index < -0.39 is 0 Å². The van der Waals surface area contributed by atoms with E-state index in [1.807, 2.05) is 59.4 Å². The summed E-state index contributed by atoms with van der Waals surface area (Å²) in [6.07, 6.45) is 15.2. The molecule has 0 aliphatic rings. The smallest absolute Gasteiger partial charge is 0.336 e. The lowest BCUT2D eigenvalue weighted by Gasteiger charge is -2.08. The standard InChI is InChI=1S/C37H43N3O4/c1-2-3-4-5-6-7-8-9-10-11-24-42-33-20-14-29(15-21-33)26-40-27-35(38-39-40)31-16-12-30(13-17-31)28-43-34-22-18-32-19-23-37(41)44-36(32)25-34/h12-23,25,27H,2-11,24,26,28H2,1H3. The molecule has 5 rings (SSSR count). The SMILES string of the molecule is CCCCCCCCCCCCOc1ccc(Cn2cc(-c3ccc(COc4ccc5ccc(=O)oc5c4)cc3)nn2)cc1. The van der Waals surface area contributed by atoms with Gasteiger partial charge in [0.1, 0.15) is 29.4 Å². The normalized spacial score (nSPS) is 11.2. The maximum absolute atomic E-state index is 11.5. The molecule has 2 aromatic heterocycles. The molecule has 0 fully saturated rings. The first kappa shape index (κ1) is 31.0. The van der Waals surface area contributed by atoms with Gasteiger partial charge in [-0.25, -0.2) is 9.48 Å². The molecule has 0 saturated heterocycles. The molecule has 0 spiro atoms. The van der Waals surface area contributed by atoms with Crippen molar-refractivity contribution in [2.45, 2.75) is 84.3 Å². The van der Waals surface area contributed by atoms with Gasteiger partial charge in [-0.1, -0.05) is 106 Å². The van der Waals surface area contributed by atoms with Crippen LogP contribution in [0.4, 0.5) is 0 Å². The second-order valence-corrected chi connectivity index (χ2v) is 11.4. The zero-order chi connectivity index (χ0) is 30.4. The van der Waals surface area contributed by atoms with E-state index in [-0.39, 0.29) is 5.63 Å². The monoisotopic (exact) mass is 593 g/mol. The zero-order valence-electron chi connectivity index (χ0n) is 25.7. The van der Waals surface area contributed by atoms with Crippen LogP contribution in [0.3, 0.4) is 0 Å². The maximum atomic E-state index is 11.5. The second kappa shape index (κ2) is 16.5. The number of fused-ring (bicyclic) bond motifs is 1. The van der Waals surface area contributed by atoms with Gasteiger partial charge in [-0.15, -0.1) is 5.10 Å². The molecule has 0 radical (unpaired) electrons. The van der Waals surface area contributed by atoms with Crippen LogP contribution in [0.25, 0.3) is 22.2 Å². The number of nitrogens with zero attached hydrogens (tertiary/aromatic N) is 3. The Morgan fingerprint density at radius 2 is 1.36 bits per heavy atom. The molecule has 2 heterocycles. The van der Waals surface area contributed by atoms with E-state index in [1.165, 1.54) is 63.9 Å². The molecule has 0 saturated carbocycles. The molecule has 7 heteroatoms. The topological polar surface area (TPSA) is 79.4 Å². The number of hydrogen-bond donors (Lipinski definition) is 0. The average Bonchev–Trinajstić information content (AvgIpc) is 3.52. The van der Waals surface area contributed by atoms with Crippen molar-refractivity contribution >= 4 is 11.0 Å². The number of unbranched alkanes of at least 4 members (excludes halogenated alkanes) is 9. The summed E-state index contributed by atoms with van der Waals surface area (Å²) < 4.78 is 19.0. The summed E-state index contributed by atoms with van der Waals surface area (Å²) in [5.74, 6) is 1.56. The molecular formula is C37H43N3O4. The Hall–Kier alpha value is -4.39. The van der Waals surface area contributed by atoms with Crippen LogP contribution in [-0.2, 0) is 13.2 Å². The van der Waals surface area contributed by atoms with E-state index in [4.69, 9.17) is 13.9 Å². The molecule has 3 aromatic carbocycles. The van der Waals surface area contributed by atoms with Gasteiger partial charge in [0, 0.05) is 23.1 Å². The molecule has 0 amide bonds. The number of rotatable bonds is 18. The lowest BCUT2D eigenvalue weighted by Crippen LogP contribution is -2.01. The van der Waals surface area contributed by atoms with Crippen molar-refractivity contribution in [3.63, 3.8) is 0 Å². The van der Waals surface area contributed by atoms with Crippen molar-refractivity contribution in [1.29, 1.82) is 0 Å². The van der Waals surface area contributed by atoms with E-state index >= 15 is 0 Å². The van der Waals surface area contributed by atoms with Crippen LogP contribution in [-0.4, -0.2) is 21.6 Å². The Morgan fingerprint density at radius 3 is 2.11 bits per heavy atom. The summed E-state index contributed by atoms with van der Waals surface area (Å²) in [7, 11) is 0. The van der Waals surface area contributed by atoms with Gasteiger partial charge in [0.05, 0.1) is 19.3 Å². The first-order valence-electron chi connectivity index (χ1n) is 16.0. The third kappa shape index (κ3) is 9.56. The molecule has 0 aliphatic carbocycles. The summed E-state index contributed by atoms with van der Waals surface area (Å²) in [5, 5.41) is 9.56. The van der Waals surface area contributed by atoms with Gasteiger partial charge in [0.2, 0.25) is 0 Å². The Labute approximate surface area is 259 Å². The van der Waals surface area contributed by atoms with Gasteiger partial charge < -0.3 is 13.9 Å². The van der Waals surface area contributed by atoms with Crippen LogP contribution in [0.2, 0.25) is 0 Å². The van der Waals surface area contributed by atoms with E-state index in [0.29, 0.717) is 24.5 Å². The van der Waals surface area contributed by atoms with E-state index in [0.717, 1.165) is 46.5 Å². The molecular weight excluding hydrogens is 550 g/mol. The van der Waals surface area contributed by atoms with Crippen molar-refractivity contribution in [1.82, 2.24) is 15.0 Å². The van der Waals surface area contributed by atoms with Crippen LogP contribution in [0.5, 0.6) is 11.5 Å². The van der Waals surface area contributed by atoms with Crippen molar-refractivity contribution < 1.29 is 13.9 Å². The molecule has 5 aromatic rings. The fourth-order valence-electron chi connectivity index (χ4n) is 5.23. The molecule has 230 valence electrons. The number of benzene rings is 3. The minimum Gasteiger partial charge on any atom is -0.494 e. The summed E-state index contributed by atoms with van der Waals surface area (Å²) in [6, 6.07) is 25.0. The highest BCUT2D eigenvalue weighted by atomic mass is 16.5. The Morgan fingerprint density at radius 1 is 0.705 bits per heavy atom. The minimum absolute atomic E-state index is 0.375. The van der Waals surface area contributed by atoms with Crippen molar-refractivity contribution in [3.05, 3.63) is 107 Å². The summed E-state index contributed by atoms with van der Waals surface area (Å²) >= 11 is 0.